The monoisotopic (exact) mass is 334 g/mol. The number of hydrogen-bond acceptors (Lipinski definition) is 2. The molecule has 2 aromatic rings. The van der Waals surface area contributed by atoms with Crippen LogP contribution < -0.4 is 11.1 Å². The minimum Gasteiger partial charge on any atom is -0.398 e. The van der Waals surface area contributed by atoms with Crippen molar-refractivity contribution >= 4 is 17.1 Å². The van der Waals surface area contributed by atoms with E-state index in [1.165, 1.54) is 80.3 Å². The van der Waals surface area contributed by atoms with E-state index in [-0.39, 0.29) is 0 Å². The summed E-state index contributed by atoms with van der Waals surface area (Å²) in [6.45, 7) is 0. The van der Waals surface area contributed by atoms with Gasteiger partial charge in [0.15, 0.2) is 0 Å². The Morgan fingerprint density at radius 3 is 2.20 bits per heavy atom. The molecule has 25 heavy (non-hydrogen) atoms. The minimum atomic E-state index is 0.639. The summed E-state index contributed by atoms with van der Waals surface area (Å²) in [6.07, 6.45) is 12.1. The summed E-state index contributed by atoms with van der Waals surface area (Å²) in [5.74, 6) is 1.39. The van der Waals surface area contributed by atoms with Crippen molar-refractivity contribution in [2.24, 2.45) is 0 Å². The van der Waals surface area contributed by atoms with Crippen LogP contribution in [-0.2, 0) is 0 Å². The van der Waals surface area contributed by atoms with Crippen LogP contribution in [0.4, 0.5) is 17.1 Å². The fraction of sp³-hybridized carbons (Fsp3) is 0.478. The maximum absolute atomic E-state index is 6.29. The van der Waals surface area contributed by atoms with Crippen LogP contribution in [0.25, 0.3) is 0 Å². The molecular weight excluding hydrogens is 304 g/mol. The molecule has 2 aromatic carbocycles. The fourth-order valence-corrected chi connectivity index (χ4v) is 4.72. The molecular formula is C23H30N2. The maximum atomic E-state index is 6.29. The van der Waals surface area contributed by atoms with E-state index < -0.39 is 0 Å². The lowest BCUT2D eigenvalue weighted by molar-refractivity contribution is 0.444. The van der Waals surface area contributed by atoms with Gasteiger partial charge in [-0.3, -0.25) is 0 Å². The van der Waals surface area contributed by atoms with E-state index >= 15 is 0 Å². The third kappa shape index (κ3) is 3.84. The molecule has 3 N–H and O–H groups in total. The van der Waals surface area contributed by atoms with Crippen LogP contribution in [0.1, 0.15) is 80.8 Å². The first-order valence-corrected chi connectivity index (χ1v) is 10.1. The number of nitrogens with two attached hydrogens (primary N) is 1. The number of anilines is 3. The topological polar surface area (TPSA) is 38.0 Å². The first-order chi connectivity index (χ1) is 12.3. The van der Waals surface area contributed by atoms with Crippen LogP contribution in [-0.4, -0.2) is 0 Å². The summed E-state index contributed by atoms with van der Waals surface area (Å²) < 4.78 is 0. The molecule has 0 spiro atoms. The Balaban J connectivity index is 1.53. The summed E-state index contributed by atoms with van der Waals surface area (Å²) in [5, 5.41) is 3.62. The Hall–Kier alpha value is -1.96. The fourth-order valence-electron chi connectivity index (χ4n) is 4.72. The van der Waals surface area contributed by atoms with Crippen molar-refractivity contribution in [2.75, 3.05) is 11.1 Å². The molecule has 0 saturated heterocycles. The van der Waals surface area contributed by atoms with Crippen LogP contribution in [0.5, 0.6) is 0 Å². The van der Waals surface area contributed by atoms with Crippen LogP contribution in [0.2, 0.25) is 0 Å². The lowest BCUT2D eigenvalue weighted by Crippen LogP contribution is -2.08. The molecule has 0 aromatic heterocycles. The first-order valence-electron chi connectivity index (χ1n) is 10.1. The average Bonchev–Trinajstić information content (AvgIpc) is 3.19. The zero-order chi connectivity index (χ0) is 17.1. The lowest BCUT2D eigenvalue weighted by Gasteiger charge is -2.24. The maximum Gasteiger partial charge on any atom is 0.0388 e. The van der Waals surface area contributed by atoms with Gasteiger partial charge in [0.1, 0.15) is 0 Å². The Morgan fingerprint density at radius 1 is 0.720 bits per heavy atom. The summed E-state index contributed by atoms with van der Waals surface area (Å²) >= 11 is 0. The molecule has 0 radical (unpaired) electrons. The Bertz CT molecular complexity index is 710. The van der Waals surface area contributed by atoms with Gasteiger partial charge < -0.3 is 11.1 Å². The van der Waals surface area contributed by atoms with Gasteiger partial charge in [-0.15, -0.1) is 0 Å². The molecule has 132 valence electrons. The lowest BCUT2D eigenvalue weighted by atomic mass is 9.83. The predicted molar refractivity (Wildman–Crippen MR) is 108 cm³/mol. The van der Waals surface area contributed by atoms with E-state index in [4.69, 9.17) is 5.73 Å². The molecule has 2 aliphatic rings. The second kappa shape index (κ2) is 7.51. The number of rotatable bonds is 4. The van der Waals surface area contributed by atoms with Gasteiger partial charge in [0.05, 0.1) is 0 Å². The highest BCUT2D eigenvalue weighted by Crippen LogP contribution is 2.38. The van der Waals surface area contributed by atoms with E-state index in [1.54, 1.807) is 0 Å². The highest BCUT2D eigenvalue weighted by Gasteiger charge is 2.19. The molecule has 0 bridgehead atoms. The van der Waals surface area contributed by atoms with Crippen molar-refractivity contribution in [3.63, 3.8) is 0 Å². The van der Waals surface area contributed by atoms with E-state index in [2.05, 4.69) is 47.8 Å². The predicted octanol–water partition coefficient (Wildman–Crippen LogP) is 6.72. The largest absolute Gasteiger partial charge is 0.398 e. The van der Waals surface area contributed by atoms with Gasteiger partial charge >= 0.3 is 0 Å². The summed E-state index contributed by atoms with van der Waals surface area (Å²) in [6, 6.07) is 15.5. The summed E-state index contributed by atoms with van der Waals surface area (Å²) in [5.41, 5.74) is 12.4. The molecule has 0 heterocycles. The zero-order valence-electron chi connectivity index (χ0n) is 15.1. The number of nitrogens with one attached hydrogen (secondary N) is 1. The summed E-state index contributed by atoms with van der Waals surface area (Å²) in [7, 11) is 0. The Labute approximate surface area is 151 Å². The van der Waals surface area contributed by atoms with Crippen molar-refractivity contribution in [2.45, 2.75) is 69.6 Å². The first kappa shape index (κ1) is 16.5. The van der Waals surface area contributed by atoms with Crippen LogP contribution in [0.3, 0.4) is 0 Å². The number of hydrogen-bond donors (Lipinski definition) is 2. The third-order valence-corrected chi connectivity index (χ3v) is 6.13. The molecule has 2 aliphatic carbocycles. The standard InChI is InChI=1S/C23H30N2/c24-23-14-13-21(16-22(23)18-9-2-1-3-10-18)25-20-12-6-11-19(15-20)17-7-4-5-8-17/h6,11-18,25H,1-5,7-10,24H2. The zero-order valence-corrected chi connectivity index (χ0v) is 15.1. The number of nitrogen functional groups attached to an aromatic ring is 1. The average molecular weight is 335 g/mol. The van der Waals surface area contributed by atoms with Gasteiger partial charge in [0.25, 0.3) is 0 Å². The molecule has 4 rings (SSSR count). The molecule has 0 atom stereocenters. The molecule has 0 unspecified atom stereocenters. The quantitative estimate of drug-likeness (QED) is 0.609. The Morgan fingerprint density at radius 2 is 1.40 bits per heavy atom. The summed E-state index contributed by atoms with van der Waals surface area (Å²) in [4.78, 5) is 0. The minimum absolute atomic E-state index is 0.639. The van der Waals surface area contributed by atoms with Gasteiger partial charge in [-0.1, -0.05) is 44.2 Å². The molecule has 2 nitrogen and oxygen atoms in total. The van der Waals surface area contributed by atoms with Gasteiger partial charge in [0.2, 0.25) is 0 Å². The molecule has 2 heteroatoms. The SMILES string of the molecule is Nc1ccc(Nc2cccc(C3CCCC3)c2)cc1C1CCCCC1. The van der Waals surface area contributed by atoms with Crippen molar-refractivity contribution in [1.29, 1.82) is 0 Å². The van der Waals surface area contributed by atoms with Crippen molar-refractivity contribution in [3.8, 4) is 0 Å². The third-order valence-electron chi connectivity index (χ3n) is 6.13. The second-order valence-electron chi connectivity index (χ2n) is 7.91. The highest BCUT2D eigenvalue weighted by molar-refractivity contribution is 5.65. The normalized spacial score (nSPS) is 19.2. The van der Waals surface area contributed by atoms with Gasteiger partial charge in [-0.05, 0) is 79.0 Å². The second-order valence-corrected chi connectivity index (χ2v) is 7.91. The molecule has 2 saturated carbocycles. The van der Waals surface area contributed by atoms with Crippen molar-refractivity contribution in [3.05, 3.63) is 53.6 Å². The smallest absolute Gasteiger partial charge is 0.0388 e. The van der Waals surface area contributed by atoms with Crippen LogP contribution >= 0.6 is 0 Å². The molecule has 0 amide bonds. The number of benzene rings is 2. The van der Waals surface area contributed by atoms with E-state index in [1.807, 2.05) is 0 Å². The van der Waals surface area contributed by atoms with Crippen molar-refractivity contribution < 1.29 is 0 Å². The van der Waals surface area contributed by atoms with Crippen LogP contribution in [0, 0.1) is 0 Å². The van der Waals surface area contributed by atoms with Crippen molar-refractivity contribution in [1.82, 2.24) is 0 Å². The molecule has 0 aliphatic heterocycles. The van der Waals surface area contributed by atoms with E-state index in [9.17, 15) is 0 Å². The van der Waals surface area contributed by atoms with E-state index in [0.29, 0.717) is 5.92 Å². The molecule has 2 fully saturated rings. The Kier molecular flexibility index (Phi) is 4.96. The van der Waals surface area contributed by atoms with E-state index in [0.717, 1.165) is 11.6 Å². The van der Waals surface area contributed by atoms with Gasteiger partial charge in [-0.25, -0.2) is 0 Å². The van der Waals surface area contributed by atoms with Crippen LogP contribution in [0.15, 0.2) is 42.5 Å². The van der Waals surface area contributed by atoms with Gasteiger partial charge in [0, 0.05) is 17.1 Å². The van der Waals surface area contributed by atoms with Gasteiger partial charge in [-0.2, -0.15) is 0 Å². The highest BCUT2D eigenvalue weighted by atomic mass is 14.9.